The predicted molar refractivity (Wildman–Crippen MR) is 78.5 cm³/mol. The van der Waals surface area contributed by atoms with Gasteiger partial charge in [-0.2, -0.15) is 0 Å². The average molecular weight is 291 g/mol. The number of carbonyl (C=O) groups is 2. The molecule has 5 nitrogen and oxygen atoms in total. The van der Waals surface area contributed by atoms with Crippen LogP contribution in [-0.2, 0) is 16.0 Å². The van der Waals surface area contributed by atoms with Gasteiger partial charge in [0.05, 0.1) is 12.2 Å². The maximum absolute atomic E-state index is 12.6. The highest BCUT2D eigenvalue weighted by molar-refractivity contribution is 5.98. The minimum absolute atomic E-state index is 0.101. The summed E-state index contributed by atoms with van der Waals surface area (Å²) in [6, 6.07) is 0. The molecule has 0 bridgehead atoms. The molecule has 1 aliphatic carbocycles. The summed E-state index contributed by atoms with van der Waals surface area (Å²) in [5.41, 5.74) is 1.18. The van der Waals surface area contributed by atoms with E-state index >= 15 is 0 Å². The molecule has 0 amide bonds. The number of carbonyl (C=O) groups excluding carboxylic acids is 2. The highest BCUT2D eigenvalue weighted by atomic mass is 16.5. The Balaban J connectivity index is 2.45. The van der Waals surface area contributed by atoms with Gasteiger partial charge < -0.3 is 9.72 Å². The van der Waals surface area contributed by atoms with Gasteiger partial charge in [0.25, 0.3) is 6.47 Å². The fraction of sp³-hybridized carbons (Fsp3) is 0.562. The third-order valence-electron chi connectivity index (χ3n) is 4.06. The van der Waals surface area contributed by atoms with E-state index in [2.05, 4.69) is 4.98 Å². The van der Waals surface area contributed by atoms with E-state index in [9.17, 15) is 14.4 Å². The van der Waals surface area contributed by atoms with Gasteiger partial charge in [0.1, 0.15) is 0 Å². The quantitative estimate of drug-likeness (QED) is 0.844. The molecule has 21 heavy (non-hydrogen) atoms. The van der Waals surface area contributed by atoms with Crippen molar-refractivity contribution in [3.8, 4) is 0 Å². The summed E-state index contributed by atoms with van der Waals surface area (Å²) in [7, 11) is 0. The molecule has 1 aromatic heterocycles. The van der Waals surface area contributed by atoms with Crippen molar-refractivity contribution in [1.29, 1.82) is 0 Å². The largest absolute Gasteiger partial charge is 0.467 e. The lowest BCUT2D eigenvalue weighted by Gasteiger charge is -2.30. The van der Waals surface area contributed by atoms with Crippen LogP contribution in [0.3, 0.4) is 0 Å². The molecule has 0 aromatic carbocycles. The van der Waals surface area contributed by atoms with Crippen LogP contribution in [0.15, 0.2) is 11.0 Å². The second-order valence-corrected chi connectivity index (χ2v) is 6.40. The Bertz CT molecular complexity index is 615. The molecule has 0 fully saturated rings. The van der Waals surface area contributed by atoms with Crippen molar-refractivity contribution in [3.63, 3.8) is 0 Å². The van der Waals surface area contributed by atoms with Gasteiger partial charge in [-0.1, -0.05) is 20.8 Å². The predicted octanol–water partition coefficient (Wildman–Crippen LogP) is 2.20. The normalized spacial score (nSPS) is 18.0. The third kappa shape index (κ3) is 3.06. The minimum Gasteiger partial charge on any atom is -0.467 e. The van der Waals surface area contributed by atoms with Crippen LogP contribution in [0.1, 0.15) is 61.1 Å². The number of pyridine rings is 1. The molecule has 0 saturated carbocycles. The van der Waals surface area contributed by atoms with Gasteiger partial charge >= 0.3 is 0 Å². The van der Waals surface area contributed by atoms with Crippen LogP contribution < -0.4 is 5.43 Å². The van der Waals surface area contributed by atoms with E-state index in [1.54, 1.807) is 6.20 Å². The smallest absolute Gasteiger partial charge is 0.293 e. The lowest BCUT2D eigenvalue weighted by Crippen LogP contribution is -2.34. The van der Waals surface area contributed by atoms with E-state index in [4.69, 9.17) is 4.74 Å². The van der Waals surface area contributed by atoms with Crippen LogP contribution in [0.25, 0.3) is 0 Å². The number of hydrogen-bond donors (Lipinski definition) is 1. The summed E-state index contributed by atoms with van der Waals surface area (Å²) in [4.78, 5) is 38.4. The lowest BCUT2D eigenvalue weighted by atomic mass is 9.75. The SMILES string of the molecule is CCC(COC=O)c1c[nH]c2c(c1=O)C(=O)CC(C)(C)C2. The molecule has 0 saturated heterocycles. The monoisotopic (exact) mass is 291 g/mol. The number of fused-ring (bicyclic) bond motifs is 1. The number of aromatic amines is 1. The Morgan fingerprint density at radius 1 is 1.38 bits per heavy atom. The van der Waals surface area contributed by atoms with Crippen LogP contribution in [-0.4, -0.2) is 23.8 Å². The third-order valence-corrected chi connectivity index (χ3v) is 4.06. The van der Waals surface area contributed by atoms with Gasteiger partial charge in [-0.15, -0.1) is 0 Å². The molecule has 1 unspecified atom stereocenters. The Morgan fingerprint density at radius 2 is 2.10 bits per heavy atom. The molecule has 1 aromatic rings. The Labute approximate surface area is 123 Å². The van der Waals surface area contributed by atoms with Crippen molar-refractivity contribution in [1.82, 2.24) is 4.98 Å². The number of aromatic nitrogens is 1. The average Bonchev–Trinajstić information content (AvgIpc) is 2.39. The molecule has 1 atom stereocenters. The standard InChI is InChI=1S/C16H21NO4/c1-4-10(8-21-9-18)11-7-17-12-5-16(2,3)6-13(19)14(12)15(11)20/h7,9-10H,4-6,8H2,1-3H3,(H,17,20). The van der Waals surface area contributed by atoms with E-state index in [-0.39, 0.29) is 34.7 Å². The number of Topliss-reactive ketones (excluding diaryl/α,β-unsaturated/α-hetero) is 1. The number of ether oxygens (including phenoxy) is 1. The highest BCUT2D eigenvalue weighted by Crippen LogP contribution is 2.33. The Kier molecular flexibility index (Phi) is 4.30. The number of nitrogens with one attached hydrogen (secondary N) is 1. The first-order chi connectivity index (χ1) is 9.89. The summed E-state index contributed by atoms with van der Waals surface area (Å²) in [6.07, 6.45) is 3.40. The van der Waals surface area contributed by atoms with Crippen molar-refractivity contribution in [2.24, 2.45) is 5.41 Å². The van der Waals surface area contributed by atoms with Gasteiger partial charge in [0.15, 0.2) is 11.2 Å². The van der Waals surface area contributed by atoms with Crippen molar-refractivity contribution >= 4 is 12.3 Å². The molecule has 2 rings (SSSR count). The van der Waals surface area contributed by atoms with E-state index in [0.717, 1.165) is 5.69 Å². The Morgan fingerprint density at radius 3 is 2.71 bits per heavy atom. The molecular formula is C16H21NO4. The maximum Gasteiger partial charge on any atom is 0.293 e. The fourth-order valence-electron chi connectivity index (χ4n) is 2.97. The lowest BCUT2D eigenvalue weighted by molar-refractivity contribution is -0.129. The zero-order chi connectivity index (χ0) is 15.6. The number of rotatable bonds is 5. The van der Waals surface area contributed by atoms with Gasteiger partial charge in [0, 0.05) is 29.8 Å². The molecule has 1 N–H and O–H groups in total. The minimum atomic E-state index is -0.217. The van der Waals surface area contributed by atoms with Gasteiger partial charge in [0.2, 0.25) is 0 Å². The van der Waals surface area contributed by atoms with Crippen LogP contribution in [0.5, 0.6) is 0 Å². The first-order valence-corrected chi connectivity index (χ1v) is 7.22. The molecule has 1 heterocycles. The summed E-state index contributed by atoms with van der Waals surface area (Å²) >= 11 is 0. The number of H-pyrrole nitrogens is 1. The van der Waals surface area contributed by atoms with Gasteiger partial charge in [-0.3, -0.25) is 14.4 Å². The summed E-state index contributed by atoms with van der Waals surface area (Å²) in [5.74, 6) is -0.289. The van der Waals surface area contributed by atoms with E-state index in [0.29, 0.717) is 31.3 Å². The summed E-state index contributed by atoms with van der Waals surface area (Å²) in [6.45, 7) is 6.49. The molecule has 1 aliphatic rings. The van der Waals surface area contributed by atoms with Crippen molar-refractivity contribution < 1.29 is 14.3 Å². The zero-order valence-corrected chi connectivity index (χ0v) is 12.7. The first-order valence-electron chi connectivity index (χ1n) is 7.22. The van der Waals surface area contributed by atoms with Crippen LogP contribution in [0.4, 0.5) is 0 Å². The maximum atomic E-state index is 12.6. The first kappa shape index (κ1) is 15.5. The van der Waals surface area contributed by atoms with Gasteiger partial charge in [-0.25, -0.2) is 0 Å². The molecule has 114 valence electrons. The second kappa shape index (κ2) is 5.84. The van der Waals surface area contributed by atoms with E-state index in [1.165, 1.54) is 0 Å². The van der Waals surface area contributed by atoms with Crippen LogP contribution in [0.2, 0.25) is 0 Å². The summed E-state index contributed by atoms with van der Waals surface area (Å²) < 4.78 is 4.78. The van der Waals surface area contributed by atoms with Crippen LogP contribution in [0, 0.1) is 5.41 Å². The molecule has 0 spiro atoms. The number of hydrogen-bond acceptors (Lipinski definition) is 4. The van der Waals surface area contributed by atoms with Crippen molar-refractivity contribution in [2.75, 3.05) is 6.61 Å². The van der Waals surface area contributed by atoms with Gasteiger partial charge in [-0.05, 0) is 18.3 Å². The summed E-state index contributed by atoms with van der Waals surface area (Å²) in [5, 5.41) is 0. The number of ketones is 1. The fourth-order valence-corrected chi connectivity index (χ4v) is 2.97. The Hall–Kier alpha value is -1.91. The highest BCUT2D eigenvalue weighted by Gasteiger charge is 2.34. The second-order valence-electron chi connectivity index (χ2n) is 6.40. The van der Waals surface area contributed by atoms with Crippen LogP contribution >= 0.6 is 0 Å². The topological polar surface area (TPSA) is 76.2 Å². The molecular weight excluding hydrogens is 270 g/mol. The molecule has 0 radical (unpaired) electrons. The molecule has 5 heteroatoms. The van der Waals surface area contributed by atoms with E-state index in [1.807, 2.05) is 20.8 Å². The zero-order valence-electron chi connectivity index (χ0n) is 12.7. The van der Waals surface area contributed by atoms with E-state index < -0.39 is 0 Å². The van der Waals surface area contributed by atoms with Crippen molar-refractivity contribution in [3.05, 3.63) is 33.2 Å². The molecule has 0 aliphatic heterocycles. The van der Waals surface area contributed by atoms with Crippen molar-refractivity contribution in [2.45, 2.75) is 46.0 Å².